The number of hydrogen-bond donors (Lipinski definition) is 0. The van der Waals surface area contributed by atoms with Crippen molar-refractivity contribution in [2.75, 3.05) is 6.61 Å². The molecule has 0 radical (unpaired) electrons. The second-order valence-corrected chi connectivity index (χ2v) is 3.99. The molecule has 1 unspecified atom stereocenters. The number of halogens is 3. The molecule has 0 aromatic heterocycles. The summed E-state index contributed by atoms with van der Waals surface area (Å²) in [5.74, 6) is -4.89. The van der Waals surface area contributed by atoms with Gasteiger partial charge in [-0.25, -0.2) is 13.2 Å². The Morgan fingerprint density at radius 3 is 2.71 bits per heavy atom. The van der Waals surface area contributed by atoms with Crippen LogP contribution < -0.4 is 0 Å². The van der Waals surface area contributed by atoms with Crippen molar-refractivity contribution in [2.45, 2.75) is 25.4 Å². The first kappa shape index (κ1) is 12.1. The largest absolute Gasteiger partial charge is 0.378 e. The van der Waals surface area contributed by atoms with Crippen molar-refractivity contribution >= 4 is 5.78 Å². The van der Waals surface area contributed by atoms with Crippen LogP contribution in [0, 0.1) is 17.5 Å². The van der Waals surface area contributed by atoms with Gasteiger partial charge in [-0.2, -0.15) is 0 Å². The molecule has 5 heteroatoms. The van der Waals surface area contributed by atoms with Crippen molar-refractivity contribution in [3.05, 3.63) is 35.1 Å². The van der Waals surface area contributed by atoms with E-state index in [2.05, 4.69) is 0 Å². The Hall–Kier alpha value is -1.36. The molecule has 1 fully saturated rings. The molecule has 0 aliphatic carbocycles. The molecule has 1 atom stereocenters. The lowest BCUT2D eigenvalue weighted by Crippen LogP contribution is -2.14. The molecule has 1 aliphatic heterocycles. The predicted molar refractivity (Wildman–Crippen MR) is 54.2 cm³/mol. The molecule has 17 heavy (non-hydrogen) atoms. The number of carbonyl (C=O) groups is 1. The third kappa shape index (κ3) is 2.49. The Morgan fingerprint density at radius 2 is 2.06 bits per heavy atom. The number of rotatable bonds is 3. The zero-order chi connectivity index (χ0) is 12.4. The SMILES string of the molecule is O=C(CC1CCCO1)c1ccc(F)c(F)c1F. The molecule has 0 amide bonds. The summed E-state index contributed by atoms with van der Waals surface area (Å²) in [6.45, 7) is 0.582. The van der Waals surface area contributed by atoms with Gasteiger partial charge in [0.25, 0.3) is 0 Å². The van der Waals surface area contributed by atoms with E-state index < -0.39 is 28.8 Å². The minimum Gasteiger partial charge on any atom is -0.378 e. The van der Waals surface area contributed by atoms with E-state index in [4.69, 9.17) is 4.74 Å². The number of carbonyl (C=O) groups excluding carboxylic acids is 1. The van der Waals surface area contributed by atoms with Crippen LogP contribution in [0.4, 0.5) is 13.2 Å². The van der Waals surface area contributed by atoms with E-state index in [1.165, 1.54) is 0 Å². The van der Waals surface area contributed by atoms with Crippen molar-refractivity contribution in [3.63, 3.8) is 0 Å². The van der Waals surface area contributed by atoms with Crippen LogP contribution in [0.1, 0.15) is 29.6 Å². The quantitative estimate of drug-likeness (QED) is 0.603. The smallest absolute Gasteiger partial charge is 0.195 e. The highest BCUT2D eigenvalue weighted by Gasteiger charge is 2.23. The first-order valence-corrected chi connectivity index (χ1v) is 5.38. The summed E-state index contributed by atoms with van der Waals surface area (Å²) >= 11 is 0. The summed E-state index contributed by atoms with van der Waals surface area (Å²) in [5.41, 5.74) is -0.417. The Bertz CT molecular complexity index is 440. The van der Waals surface area contributed by atoms with Gasteiger partial charge >= 0.3 is 0 Å². The zero-order valence-electron chi connectivity index (χ0n) is 9.01. The van der Waals surface area contributed by atoms with Crippen molar-refractivity contribution in [1.29, 1.82) is 0 Å². The fourth-order valence-corrected chi connectivity index (χ4v) is 1.86. The number of ketones is 1. The minimum atomic E-state index is -1.61. The van der Waals surface area contributed by atoms with Gasteiger partial charge in [-0.05, 0) is 25.0 Å². The maximum Gasteiger partial charge on any atom is 0.195 e. The third-order valence-electron chi connectivity index (χ3n) is 2.77. The summed E-state index contributed by atoms with van der Waals surface area (Å²) in [7, 11) is 0. The zero-order valence-corrected chi connectivity index (χ0v) is 9.01. The van der Waals surface area contributed by atoms with E-state index in [1.807, 2.05) is 0 Å². The molecular formula is C12H11F3O2. The van der Waals surface area contributed by atoms with Crippen LogP contribution in [0.5, 0.6) is 0 Å². The molecule has 92 valence electrons. The fraction of sp³-hybridized carbons (Fsp3) is 0.417. The second-order valence-electron chi connectivity index (χ2n) is 3.99. The van der Waals surface area contributed by atoms with E-state index in [9.17, 15) is 18.0 Å². The Balaban J connectivity index is 2.16. The lowest BCUT2D eigenvalue weighted by molar-refractivity contribution is 0.0771. The maximum atomic E-state index is 13.3. The molecule has 2 rings (SSSR count). The van der Waals surface area contributed by atoms with E-state index in [1.54, 1.807) is 0 Å². The fourth-order valence-electron chi connectivity index (χ4n) is 1.86. The highest BCUT2D eigenvalue weighted by Crippen LogP contribution is 2.21. The van der Waals surface area contributed by atoms with Gasteiger partial charge in [0.15, 0.2) is 23.2 Å². The van der Waals surface area contributed by atoms with Gasteiger partial charge in [0, 0.05) is 13.0 Å². The Morgan fingerprint density at radius 1 is 1.29 bits per heavy atom. The van der Waals surface area contributed by atoms with Crippen molar-refractivity contribution in [3.8, 4) is 0 Å². The maximum absolute atomic E-state index is 13.3. The van der Waals surface area contributed by atoms with Gasteiger partial charge < -0.3 is 4.74 Å². The van der Waals surface area contributed by atoms with E-state index >= 15 is 0 Å². The van der Waals surface area contributed by atoms with E-state index in [0.29, 0.717) is 6.61 Å². The van der Waals surface area contributed by atoms with Crippen molar-refractivity contribution in [2.24, 2.45) is 0 Å². The number of hydrogen-bond acceptors (Lipinski definition) is 2. The molecule has 0 spiro atoms. The monoisotopic (exact) mass is 244 g/mol. The topological polar surface area (TPSA) is 26.3 Å². The van der Waals surface area contributed by atoms with Gasteiger partial charge in [0.2, 0.25) is 0 Å². The molecule has 1 aromatic carbocycles. The summed E-state index contributed by atoms with van der Waals surface area (Å²) in [4.78, 5) is 11.7. The summed E-state index contributed by atoms with van der Waals surface area (Å²) in [6.07, 6.45) is 1.35. The van der Waals surface area contributed by atoms with Crippen molar-refractivity contribution < 1.29 is 22.7 Å². The van der Waals surface area contributed by atoms with Gasteiger partial charge in [-0.15, -0.1) is 0 Å². The van der Waals surface area contributed by atoms with Gasteiger partial charge in [-0.3, -0.25) is 4.79 Å². The highest BCUT2D eigenvalue weighted by molar-refractivity contribution is 5.96. The molecule has 0 saturated carbocycles. The van der Waals surface area contributed by atoms with E-state index in [-0.39, 0.29) is 12.5 Å². The van der Waals surface area contributed by atoms with Gasteiger partial charge in [-0.1, -0.05) is 0 Å². The Kier molecular flexibility index (Phi) is 3.47. The third-order valence-corrected chi connectivity index (χ3v) is 2.77. The minimum absolute atomic E-state index is 0.00198. The standard InChI is InChI=1S/C12H11F3O2/c13-9-4-3-8(11(14)12(9)15)10(16)6-7-2-1-5-17-7/h3-4,7H,1-2,5-6H2. The van der Waals surface area contributed by atoms with Crippen LogP contribution in [0.25, 0.3) is 0 Å². The second kappa shape index (κ2) is 4.87. The Labute approximate surface area is 96.4 Å². The van der Waals surface area contributed by atoms with Crippen LogP contribution >= 0.6 is 0 Å². The average molecular weight is 244 g/mol. The summed E-state index contributed by atoms with van der Waals surface area (Å²) in [6, 6.07) is 1.71. The van der Waals surface area contributed by atoms with Crippen LogP contribution in [0.2, 0.25) is 0 Å². The molecule has 0 bridgehead atoms. The lowest BCUT2D eigenvalue weighted by atomic mass is 10.0. The van der Waals surface area contributed by atoms with Crippen LogP contribution in [0.15, 0.2) is 12.1 Å². The van der Waals surface area contributed by atoms with E-state index in [0.717, 1.165) is 25.0 Å². The summed E-state index contributed by atoms with van der Waals surface area (Å²) < 4.78 is 44.1. The number of ether oxygens (including phenoxy) is 1. The first-order valence-electron chi connectivity index (χ1n) is 5.38. The average Bonchev–Trinajstić information content (AvgIpc) is 2.78. The predicted octanol–water partition coefficient (Wildman–Crippen LogP) is 2.86. The molecule has 1 aliphatic rings. The molecule has 1 aromatic rings. The van der Waals surface area contributed by atoms with Crippen molar-refractivity contribution in [1.82, 2.24) is 0 Å². The molecule has 0 N–H and O–H groups in total. The number of Topliss-reactive ketones (excluding diaryl/α,β-unsaturated/α-hetero) is 1. The van der Waals surface area contributed by atoms with Crippen LogP contribution in [0.3, 0.4) is 0 Å². The molecular weight excluding hydrogens is 233 g/mol. The number of benzene rings is 1. The van der Waals surface area contributed by atoms with Crippen LogP contribution in [-0.2, 0) is 4.74 Å². The lowest BCUT2D eigenvalue weighted by Gasteiger charge is -2.09. The molecule has 2 nitrogen and oxygen atoms in total. The van der Waals surface area contributed by atoms with Gasteiger partial charge in [0.05, 0.1) is 11.7 Å². The van der Waals surface area contributed by atoms with Gasteiger partial charge in [0.1, 0.15) is 0 Å². The normalized spacial score (nSPS) is 19.6. The highest BCUT2D eigenvalue weighted by atomic mass is 19.2. The molecule has 1 heterocycles. The summed E-state index contributed by atoms with van der Waals surface area (Å²) in [5, 5.41) is 0. The molecule has 1 saturated heterocycles. The van der Waals surface area contributed by atoms with Crippen LogP contribution in [-0.4, -0.2) is 18.5 Å². The first-order chi connectivity index (χ1) is 8.09.